The van der Waals surface area contributed by atoms with E-state index in [0.29, 0.717) is 13.1 Å². The quantitative estimate of drug-likeness (QED) is 0.804. The van der Waals surface area contributed by atoms with Crippen LogP contribution in [-0.2, 0) is 4.79 Å². The largest absolute Gasteiger partial charge is 0.395 e. The summed E-state index contributed by atoms with van der Waals surface area (Å²) in [6, 6.07) is 19.8. The summed E-state index contributed by atoms with van der Waals surface area (Å²) in [5.74, 6) is -0.0988. The topological polar surface area (TPSA) is 40.5 Å². The molecular weight excluding hydrogens is 298 g/mol. The third-order valence-electron chi connectivity index (χ3n) is 4.03. The summed E-state index contributed by atoms with van der Waals surface area (Å²) in [5, 5.41) is 9.31. The van der Waals surface area contributed by atoms with Crippen molar-refractivity contribution in [2.75, 3.05) is 19.7 Å². The van der Waals surface area contributed by atoms with Crippen LogP contribution >= 0.6 is 0 Å². The minimum Gasteiger partial charge on any atom is -0.395 e. The van der Waals surface area contributed by atoms with Crippen molar-refractivity contribution in [2.24, 2.45) is 0 Å². The molecule has 0 aliphatic carbocycles. The van der Waals surface area contributed by atoms with E-state index in [1.54, 1.807) is 4.90 Å². The van der Waals surface area contributed by atoms with Gasteiger partial charge in [0.2, 0.25) is 5.91 Å². The summed E-state index contributed by atoms with van der Waals surface area (Å²) in [5.41, 5.74) is 2.13. The SMILES string of the molecule is CC[C@H](C(=O)N(CC=Cc1ccccc1)CCO)c1ccccc1. The van der Waals surface area contributed by atoms with Crippen LogP contribution in [-0.4, -0.2) is 35.6 Å². The van der Waals surface area contributed by atoms with Crippen molar-refractivity contribution in [1.29, 1.82) is 0 Å². The molecule has 2 aromatic rings. The van der Waals surface area contributed by atoms with Gasteiger partial charge in [0.25, 0.3) is 0 Å². The van der Waals surface area contributed by atoms with Crippen LogP contribution < -0.4 is 0 Å². The Balaban J connectivity index is 2.07. The maximum Gasteiger partial charge on any atom is 0.230 e. The predicted molar refractivity (Wildman–Crippen MR) is 98.6 cm³/mol. The Morgan fingerprint density at radius 2 is 1.71 bits per heavy atom. The van der Waals surface area contributed by atoms with Crippen molar-refractivity contribution in [2.45, 2.75) is 19.3 Å². The molecule has 0 fully saturated rings. The van der Waals surface area contributed by atoms with Gasteiger partial charge in [0.1, 0.15) is 0 Å². The standard InChI is InChI=1S/C21H25NO2/c1-2-20(19-13-7-4-8-14-19)21(24)22(16-17-23)15-9-12-18-10-5-3-6-11-18/h3-14,20,23H,2,15-17H2,1H3/t20-/m0/s1. The number of benzene rings is 2. The van der Waals surface area contributed by atoms with Gasteiger partial charge < -0.3 is 10.0 Å². The van der Waals surface area contributed by atoms with Crippen LogP contribution in [0.25, 0.3) is 6.08 Å². The summed E-state index contributed by atoms with van der Waals surface area (Å²) >= 11 is 0. The molecule has 3 heteroatoms. The van der Waals surface area contributed by atoms with Crippen LogP contribution in [0.4, 0.5) is 0 Å². The van der Waals surface area contributed by atoms with Crippen LogP contribution in [0.2, 0.25) is 0 Å². The van der Waals surface area contributed by atoms with Gasteiger partial charge in [0.05, 0.1) is 12.5 Å². The highest BCUT2D eigenvalue weighted by Crippen LogP contribution is 2.22. The molecule has 126 valence electrons. The van der Waals surface area contributed by atoms with Crippen LogP contribution in [0, 0.1) is 0 Å². The Hall–Kier alpha value is -2.39. The first kappa shape index (κ1) is 18.0. The summed E-state index contributed by atoms with van der Waals surface area (Å²) in [4.78, 5) is 14.6. The second-order valence-corrected chi connectivity index (χ2v) is 5.69. The highest BCUT2D eigenvalue weighted by atomic mass is 16.3. The molecule has 0 spiro atoms. The molecule has 1 amide bonds. The first-order valence-electron chi connectivity index (χ1n) is 8.42. The molecular formula is C21H25NO2. The zero-order valence-electron chi connectivity index (χ0n) is 14.1. The highest BCUT2D eigenvalue weighted by Gasteiger charge is 2.23. The lowest BCUT2D eigenvalue weighted by molar-refractivity contribution is -0.132. The highest BCUT2D eigenvalue weighted by molar-refractivity contribution is 5.84. The fourth-order valence-corrected chi connectivity index (χ4v) is 2.75. The Morgan fingerprint density at radius 1 is 1.08 bits per heavy atom. The molecule has 2 aromatic carbocycles. The number of carbonyl (C=O) groups is 1. The molecule has 0 unspecified atom stereocenters. The van der Waals surface area contributed by atoms with Gasteiger partial charge in [0, 0.05) is 13.1 Å². The smallest absolute Gasteiger partial charge is 0.230 e. The number of rotatable bonds is 8. The molecule has 0 heterocycles. The van der Waals surface area contributed by atoms with Crippen LogP contribution in [0.3, 0.4) is 0 Å². The number of aliphatic hydroxyl groups excluding tert-OH is 1. The molecule has 3 nitrogen and oxygen atoms in total. The maximum atomic E-state index is 12.9. The molecule has 0 saturated heterocycles. The van der Waals surface area contributed by atoms with Crippen molar-refractivity contribution in [1.82, 2.24) is 4.90 Å². The third kappa shape index (κ3) is 5.07. The molecule has 0 bridgehead atoms. The Bertz CT molecular complexity index is 637. The lowest BCUT2D eigenvalue weighted by atomic mass is 9.95. The minimum atomic E-state index is -0.164. The van der Waals surface area contributed by atoms with E-state index in [9.17, 15) is 9.90 Å². The van der Waals surface area contributed by atoms with Crippen molar-refractivity contribution in [3.63, 3.8) is 0 Å². The van der Waals surface area contributed by atoms with E-state index >= 15 is 0 Å². The normalized spacial score (nSPS) is 12.2. The Morgan fingerprint density at radius 3 is 2.29 bits per heavy atom. The van der Waals surface area contributed by atoms with Gasteiger partial charge in [0.15, 0.2) is 0 Å². The second-order valence-electron chi connectivity index (χ2n) is 5.69. The lowest BCUT2D eigenvalue weighted by Gasteiger charge is -2.25. The predicted octanol–water partition coefficient (Wildman–Crippen LogP) is 3.71. The zero-order chi connectivity index (χ0) is 17.2. The molecule has 0 aliphatic heterocycles. The fourth-order valence-electron chi connectivity index (χ4n) is 2.75. The molecule has 0 aromatic heterocycles. The Kier molecular flexibility index (Phi) is 7.24. The summed E-state index contributed by atoms with van der Waals surface area (Å²) < 4.78 is 0. The zero-order valence-corrected chi connectivity index (χ0v) is 14.1. The lowest BCUT2D eigenvalue weighted by Crippen LogP contribution is -2.37. The number of aliphatic hydroxyl groups is 1. The van der Waals surface area contributed by atoms with Gasteiger partial charge in [-0.1, -0.05) is 79.7 Å². The first-order chi connectivity index (χ1) is 11.8. The van der Waals surface area contributed by atoms with E-state index in [1.165, 1.54) is 0 Å². The number of carbonyl (C=O) groups excluding carboxylic acids is 1. The van der Waals surface area contributed by atoms with Gasteiger partial charge >= 0.3 is 0 Å². The molecule has 1 N–H and O–H groups in total. The van der Waals surface area contributed by atoms with Gasteiger partial charge in [-0.3, -0.25) is 4.79 Å². The third-order valence-corrected chi connectivity index (χ3v) is 4.03. The number of hydrogen-bond donors (Lipinski definition) is 1. The van der Waals surface area contributed by atoms with E-state index < -0.39 is 0 Å². The van der Waals surface area contributed by atoms with Crippen molar-refractivity contribution >= 4 is 12.0 Å². The van der Waals surface area contributed by atoms with E-state index in [0.717, 1.165) is 17.5 Å². The van der Waals surface area contributed by atoms with Crippen molar-refractivity contribution < 1.29 is 9.90 Å². The average Bonchev–Trinajstić information content (AvgIpc) is 2.63. The number of hydrogen-bond acceptors (Lipinski definition) is 2. The van der Waals surface area contributed by atoms with E-state index in [-0.39, 0.29) is 18.4 Å². The second kappa shape index (κ2) is 9.68. The maximum absolute atomic E-state index is 12.9. The van der Waals surface area contributed by atoms with Crippen LogP contribution in [0.5, 0.6) is 0 Å². The number of nitrogens with zero attached hydrogens (tertiary/aromatic N) is 1. The molecule has 0 aliphatic rings. The minimum absolute atomic E-state index is 0.0316. The number of amides is 1. The average molecular weight is 323 g/mol. The fraction of sp³-hybridized carbons (Fsp3) is 0.286. The summed E-state index contributed by atoms with van der Waals surface area (Å²) in [6.07, 6.45) is 4.72. The van der Waals surface area contributed by atoms with Crippen molar-refractivity contribution in [3.8, 4) is 0 Å². The molecule has 2 rings (SSSR count). The first-order valence-corrected chi connectivity index (χ1v) is 8.42. The molecule has 0 radical (unpaired) electrons. The van der Waals surface area contributed by atoms with Gasteiger partial charge in [-0.15, -0.1) is 0 Å². The van der Waals surface area contributed by atoms with E-state index in [4.69, 9.17) is 0 Å². The molecule has 0 saturated carbocycles. The van der Waals surface area contributed by atoms with Gasteiger partial charge in [-0.25, -0.2) is 0 Å². The molecule has 1 atom stereocenters. The summed E-state index contributed by atoms with van der Waals surface area (Å²) in [6.45, 7) is 2.83. The van der Waals surface area contributed by atoms with Gasteiger partial charge in [-0.05, 0) is 17.5 Å². The van der Waals surface area contributed by atoms with Gasteiger partial charge in [-0.2, -0.15) is 0 Å². The Labute approximate surface area is 144 Å². The van der Waals surface area contributed by atoms with Crippen molar-refractivity contribution in [3.05, 3.63) is 77.9 Å². The monoisotopic (exact) mass is 323 g/mol. The van der Waals surface area contributed by atoms with Crippen LogP contribution in [0.1, 0.15) is 30.4 Å². The van der Waals surface area contributed by atoms with Crippen LogP contribution in [0.15, 0.2) is 66.7 Å². The summed E-state index contributed by atoms with van der Waals surface area (Å²) in [7, 11) is 0. The van der Waals surface area contributed by atoms with E-state index in [2.05, 4.69) is 0 Å². The molecule has 24 heavy (non-hydrogen) atoms. The van der Waals surface area contributed by atoms with E-state index in [1.807, 2.05) is 79.7 Å².